The van der Waals surface area contributed by atoms with Crippen LogP contribution in [-0.4, -0.2) is 30.6 Å². The monoisotopic (exact) mass is 283 g/mol. The van der Waals surface area contributed by atoms with Gasteiger partial charge in [0, 0.05) is 23.3 Å². The Morgan fingerprint density at radius 1 is 1.18 bits per heavy atom. The van der Waals surface area contributed by atoms with E-state index in [2.05, 4.69) is 15.0 Å². The van der Waals surface area contributed by atoms with E-state index in [4.69, 9.17) is 20.1 Å². The summed E-state index contributed by atoms with van der Waals surface area (Å²) in [6.45, 7) is 0. The highest BCUT2D eigenvalue weighted by Gasteiger charge is 2.14. The van der Waals surface area contributed by atoms with Crippen molar-refractivity contribution >= 4 is 48.7 Å². The highest BCUT2D eigenvalue weighted by Crippen LogP contribution is 2.25. The molecule has 5 nitrogen and oxygen atoms in total. The Balaban J connectivity index is 2.11. The van der Waals surface area contributed by atoms with Crippen LogP contribution >= 0.6 is 0 Å². The summed E-state index contributed by atoms with van der Waals surface area (Å²) < 4.78 is 5.55. The number of hydrogen-bond acceptors (Lipinski definition) is 4. The molecule has 0 bridgehead atoms. The minimum absolute atomic E-state index is 0.164. The first-order valence-corrected chi connectivity index (χ1v) is 6.55. The van der Waals surface area contributed by atoms with E-state index in [9.17, 15) is 4.79 Å². The molecule has 4 aromatic rings. The number of nitrogens with one attached hydrogen (secondary N) is 1. The Bertz CT molecular complexity index is 1090. The van der Waals surface area contributed by atoms with E-state index < -0.39 is 0 Å². The lowest BCUT2D eigenvalue weighted by atomic mass is 9.92. The average Bonchev–Trinajstić information content (AvgIpc) is 2.86. The molecule has 0 unspecified atom stereocenters. The second kappa shape index (κ2) is 4.59. The van der Waals surface area contributed by atoms with E-state index >= 15 is 0 Å². The molecule has 0 saturated carbocycles. The molecule has 0 aliphatic rings. The fraction of sp³-hybridized carbons (Fsp3) is 0. The number of aromatic amines is 1. The van der Waals surface area contributed by atoms with Crippen molar-refractivity contribution in [1.29, 1.82) is 0 Å². The number of hydrogen-bond donors (Lipinski definition) is 1. The van der Waals surface area contributed by atoms with Crippen molar-refractivity contribution in [3.8, 4) is 11.4 Å². The van der Waals surface area contributed by atoms with Crippen LogP contribution in [0.4, 0.5) is 0 Å². The average molecular weight is 283 g/mol. The van der Waals surface area contributed by atoms with Gasteiger partial charge in [0.25, 0.3) is 5.56 Å². The van der Waals surface area contributed by atoms with Gasteiger partial charge in [0.05, 0.1) is 0 Å². The smallest absolute Gasteiger partial charge is 0.294 e. The molecular weight excluding hydrogens is 276 g/mol. The van der Waals surface area contributed by atoms with Gasteiger partial charge >= 0.3 is 0 Å². The fourth-order valence-electron chi connectivity index (χ4n) is 2.42. The number of aromatic nitrogens is 3. The van der Waals surface area contributed by atoms with Crippen molar-refractivity contribution in [2.75, 3.05) is 0 Å². The van der Waals surface area contributed by atoms with E-state index in [1.807, 2.05) is 0 Å². The number of nitrogens with zero attached hydrogens (tertiary/aromatic N) is 2. The summed E-state index contributed by atoms with van der Waals surface area (Å²) in [7, 11) is 11.7. The van der Waals surface area contributed by atoms with Crippen LogP contribution < -0.4 is 16.5 Å². The molecule has 4 radical (unpaired) electrons. The van der Waals surface area contributed by atoms with E-state index in [0.717, 1.165) is 0 Å². The molecule has 3 aromatic heterocycles. The highest BCUT2D eigenvalue weighted by atomic mass is 16.3. The summed E-state index contributed by atoms with van der Waals surface area (Å²) in [5.41, 5.74) is 2.41. The van der Waals surface area contributed by atoms with Gasteiger partial charge in [-0.1, -0.05) is 23.1 Å². The first-order valence-electron chi connectivity index (χ1n) is 6.55. The van der Waals surface area contributed by atoms with Crippen LogP contribution in [0.5, 0.6) is 0 Å². The number of pyridine rings is 1. The van der Waals surface area contributed by atoms with Gasteiger partial charge < -0.3 is 9.40 Å². The predicted molar refractivity (Wildman–Crippen MR) is 86.1 cm³/mol. The summed E-state index contributed by atoms with van der Waals surface area (Å²) in [6, 6.07) is 6.84. The Morgan fingerprint density at radius 3 is 2.86 bits per heavy atom. The molecule has 4 rings (SSSR count). The maximum absolute atomic E-state index is 12.3. The molecule has 3 heterocycles. The van der Waals surface area contributed by atoms with Gasteiger partial charge in [-0.15, -0.1) is 0 Å². The second-order valence-electron chi connectivity index (χ2n) is 4.91. The van der Waals surface area contributed by atoms with E-state index in [1.165, 1.54) is 6.20 Å². The van der Waals surface area contributed by atoms with E-state index in [-0.39, 0.29) is 11.1 Å². The van der Waals surface area contributed by atoms with Crippen molar-refractivity contribution in [2.24, 2.45) is 0 Å². The Morgan fingerprint density at radius 2 is 2.05 bits per heavy atom. The number of rotatable bonds is 1. The largest absolute Gasteiger partial charge is 0.449 e. The van der Waals surface area contributed by atoms with Crippen molar-refractivity contribution in [3.05, 3.63) is 47.0 Å². The van der Waals surface area contributed by atoms with Gasteiger partial charge in [-0.3, -0.25) is 9.78 Å². The zero-order chi connectivity index (χ0) is 15.3. The van der Waals surface area contributed by atoms with Crippen LogP contribution in [0.25, 0.3) is 33.5 Å². The third-order valence-electron chi connectivity index (χ3n) is 3.45. The summed E-state index contributed by atoms with van der Waals surface area (Å²) >= 11 is 0. The van der Waals surface area contributed by atoms with Crippen LogP contribution in [0.1, 0.15) is 0 Å². The zero-order valence-corrected chi connectivity index (χ0v) is 11.3. The minimum Gasteiger partial charge on any atom is -0.449 e. The molecule has 0 saturated heterocycles. The van der Waals surface area contributed by atoms with E-state index in [0.29, 0.717) is 38.8 Å². The molecule has 1 N–H and O–H groups in total. The summed E-state index contributed by atoms with van der Waals surface area (Å²) in [4.78, 5) is 23.4. The standard InChI is InChI=1S/C15H7B2N3O2/c16-7-1-2-11-9(5-7)12-13(22-11)15(21)20-14(19-12)8-3-4-18-6-10(8)17/h1-6H,(H,19,20,21). The molecule has 0 atom stereocenters. The van der Waals surface area contributed by atoms with Crippen LogP contribution in [0.15, 0.2) is 45.9 Å². The van der Waals surface area contributed by atoms with Crippen molar-refractivity contribution in [1.82, 2.24) is 15.0 Å². The lowest BCUT2D eigenvalue weighted by Gasteiger charge is -2.04. The Hall–Kier alpha value is -2.82. The van der Waals surface area contributed by atoms with Crippen LogP contribution in [0, 0.1) is 0 Å². The maximum atomic E-state index is 12.3. The van der Waals surface area contributed by atoms with Crippen LogP contribution in [-0.2, 0) is 0 Å². The summed E-state index contributed by atoms with van der Waals surface area (Å²) in [5, 5.41) is 0.690. The Kier molecular flexibility index (Phi) is 2.69. The normalized spacial score (nSPS) is 11.3. The topological polar surface area (TPSA) is 71.8 Å². The number of furan rings is 1. The second-order valence-corrected chi connectivity index (χ2v) is 4.91. The SMILES string of the molecule is [B]c1ccc2oc3c(=O)[nH]c(-c4ccncc4[B])nc3c2c1. The first-order chi connectivity index (χ1) is 10.6. The molecule has 0 aliphatic heterocycles. The number of benzene rings is 1. The molecule has 0 aliphatic carbocycles. The van der Waals surface area contributed by atoms with Gasteiger partial charge in [0.1, 0.15) is 32.6 Å². The van der Waals surface area contributed by atoms with Crippen molar-refractivity contribution < 1.29 is 4.42 Å². The zero-order valence-electron chi connectivity index (χ0n) is 11.3. The summed E-state index contributed by atoms with van der Waals surface area (Å²) in [6.07, 6.45) is 3.09. The minimum atomic E-state index is -0.369. The van der Waals surface area contributed by atoms with Gasteiger partial charge in [0.15, 0.2) is 0 Å². The molecule has 0 fully saturated rings. The molecule has 0 spiro atoms. The maximum Gasteiger partial charge on any atom is 0.294 e. The third-order valence-corrected chi connectivity index (χ3v) is 3.45. The van der Waals surface area contributed by atoms with Crippen LogP contribution in [0.2, 0.25) is 0 Å². The molecule has 100 valence electrons. The van der Waals surface area contributed by atoms with Crippen molar-refractivity contribution in [2.45, 2.75) is 0 Å². The molecule has 0 amide bonds. The quantitative estimate of drug-likeness (QED) is 0.511. The lowest BCUT2D eigenvalue weighted by molar-refractivity contribution is 0.661. The van der Waals surface area contributed by atoms with Gasteiger partial charge in [-0.25, -0.2) is 4.98 Å². The summed E-state index contributed by atoms with van der Waals surface area (Å²) in [5.74, 6) is 0.363. The molecule has 7 heteroatoms. The third kappa shape index (κ3) is 1.86. The molecule has 1 aromatic carbocycles. The highest BCUT2D eigenvalue weighted by molar-refractivity contribution is 6.35. The van der Waals surface area contributed by atoms with E-state index in [1.54, 1.807) is 30.5 Å². The molecule has 22 heavy (non-hydrogen) atoms. The molecular formula is C15H7B2N3O2. The predicted octanol–water partition coefficient (Wildman–Crippen LogP) is 0.319. The van der Waals surface area contributed by atoms with Crippen molar-refractivity contribution in [3.63, 3.8) is 0 Å². The Labute approximate surface area is 127 Å². The number of fused-ring (bicyclic) bond motifs is 3. The van der Waals surface area contributed by atoms with Gasteiger partial charge in [0.2, 0.25) is 5.58 Å². The first kappa shape index (κ1) is 12.9. The van der Waals surface area contributed by atoms with Crippen LogP contribution in [0.3, 0.4) is 0 Å². The number of H-pyrrole nitrogens is 1. The lowest BCUT2D eigenvalue weighted by Crippen LogP contribution is -2.14. The van der Waals surface area contributed by atoms with Gasteiger partial charge in [-0.2, -0.15) is 0 Å². The van der Waals surface area contributed by atoms with Gasteiger partial charge in [-0.05, 0) is 12.1 Å². The fourth-order valence-corrected chi connectivity index (χ4v) is 2.42.